The fourth-order valence-corrected chi connectivity index (χ4v) is 4.04. The van der Waals surface area contributed by atoms with Crippen molar-refractivity contribution < 1.29 is 13.2 Å². The van der Waals surface area contributed by atoms with Crippen molar-refractivity contribution in [1.82, 2.24) is 9.62 Å². The minimum atomic E-state index is -3.72. The maximum atomic E-state index is 12.8. The average molecular weight is 415 g/mol. The van der Waals surface area contributed by atoms with E-state index in [0.717, 1.165) is 5.56 Å². The van der Waals surface area contributed by atoms with Gasteiger partial charge in [-0.1, -0.05) is 41.4 Å². The fourth-order valence-electron chi connectivity index (χ4n) is 2.37. The van der Waals surface area contributed by atoms with Gasteiger partial charge in [0, 0.05) is 24.7 Å². The summed E-state index contributed by atoms with van der Waals surface area (Å²) in [4.78, 5) is 14.2. The number of benzene rings is 2. The van der Waals surface area contributed by atoms with Crippen LogP contribution in [0.4, 0.5) is 0 Å². The summed E-state index contributed by atoms with van der Waals surface area (Å²) in [5.41, 5.74) is 0.902. The average Bonchev–Trinajstić information content (AvgIpc) is 2.55. The Morgan fingerprint density at radius 1 is 1.12 bits per heavy atom. The number of hydrogen-bond acceptors (Lipinski definition) is 3. The molecule has 0 unspecified atom stereocenters. The van der Waals surface area contributed by atoms with Crippen molar-refractivity contribution in [3.63, 3.8) is 0 Å². The Balaban J connectivity index is 2.31. The monoisotopic (exact) mass is 414 g/mol. The van der Waals surface area contributed by atoms with Crippen LogP contribution in [0.3, 0.4) is 0 Å². The lowest BCUT2D eigenvalue weighted by atomic mass is 10.1. The molecular formula is C18H20Cl2N2O3S. The first kappa shape index (κ1) is 20.7. The number of halogens is 2. The van der Waals surface area contributed by atoms with Crippen LogP contribution in [0.15, 0.2) is 47.4 Å². The standard InChI is InChI=1S/C18H20Cl2N2O3S/c1-12(2)21-26(24,25)14-8-9-17(20)15(10-14)18(23)22(3)11-13-6-4-5-7-16(13)19/h4-10,12,21H,11H2,1-3H3. The molecule has 0 radical (unpaired) electrons. The van der Waals surface area contributed by atoms with E-state index < -0.39 is 15.9 Å². The first-order valence-electron chi connectivity index (χ1n) is 7.92. The summed E-state index contributed by atoms with van der Waals surface area (Å²) in [7, 11) is -2.12. The van der Waals surface area contributed by atoms with Gasteiger partial charge in [0.15, 0.2) is 0 Å². The van der Waals surface area contributed by atoms with Gasteiger partial charge in [0.05, 0.1) is 15.5 Å². The summed E-state index contributed by atoms with van der Waals surface area (Å²) in [6, 6.07) is 11.0. The van der Waals surface area contributed by atoms with Gasteiger partial charge in [-0.2, -0.15) is 0 Å². The van der Waals surface area contributed by atoms with E-state index in [0.29, 0.717) is 5.02 Å². The molecule has 5 nitrogen and oxygen atoms in total. The molecule has 1 amide bonds. The highest BCUT2D eigenvalue weighted by molar-refractivity contribution is 7.89. The summed E-state index contributed by atoms with van der Waals surface area (Å²) < 4.78 is 27.2. The van der Waals surface area contributed by atoms with Crippen molar-refractivity contribution in [2.75, 3.05) is 7.05 Å². The van der Waals surface area contributed by atoms with Crippen molar-refractivity contribution >= 4 is 39.1 Å². The summed E-state index contributed by atoms with van der Waals surface area (Å²) in [5, 5.41) is 0.736. The molecule has 0 heterocycles. The molecular weight excluding hydrogens is 395 g/mol. The van der Waals surface area contributed by atoms with Crippen LogP contribution in [0.5, 0.6) is 0 Å². The topological polar surface area (TPSA) is 66.5 Å². The predicted molar refractivity (Wildman–Crippen MR) is 104 cm³/mol. The van der Waals surface area contributed by atoms with Gasteiger partial charge >= 0.3 is 0 Å². The fraction of sp³-hybridized carbons (Fsp3) is 0.278. The van der Waals surface area contributed by atoms with Crippen molar-refractivity contribution in [1.29, 1.82) is 0 Å². The predicted octanol–water partition coefficient (Wildman–Crippen LogP) is 3.95. The van der Waals surface area contributed by atoms with Crippen LogP contribution in [-0.4, -0.2) is 32.3 Å². The van der Waals surface area contributed by atoms with Gasteiger partial charge in [0.25, 0.3) is 5.91 Å². The second-order valence-corrected chi connectivity index (χ2v) is 8.70. The molecule has 1 N–H and O–H groups in total. The van der Waals surface area contributed by atoms with Crippen LogP contribution >= 0.6 is 23.2 Å². The smallest absolute Gasteiger partial charge is 0.255 e. The lowest BCUT2D eigenvalue weighted by Gasteiger charge is -2.19. The van der Waals surface area contributed by atoms with Gasteiger partial charge in [-0.25, -0.2) is 13.1 Å². The van der Waals surface area contributed by atoms with Crippen molar-refractivity contribution in [3.05, 3.63) is 63.6 Å². The second-order valence-electron chi connectivity index (χ2n) is 6.17. The zero-order chi connectivity index (χ0) is 19.5. The van der Waals surface area contributed by atoms with E-state index in [9.17, 15) is 13.2 Å². The van der Waals surface area contributed by atoms with Gasteiger partial charge in [0.1, 0.15) is 0 Å². The van der Waals surface area contributed by atoms with Gasteiger partial charge in [-0.05, 0) is 43.7 Å². The van der Waals surface area contributed by atoms with Crippen LogP contribution in [0.2, 0.25) is 10.0 Å². The molecule has 140 valence electrons. The number of amides is 1. The third-order valence-electron chi connectivity index (χ3n) is 3.58. The molecule has 0 aliphatic heterocycles. The zero-order valence-corrected chi connectivity index (χ0v) is 17.0. The highest BCUT2D eigenvalue weighted by Crippen LogP contribution is 2.23. The number of hydrogen-bond donors (Lipinski definition) is 1. The number of carbonyl (C=O) groups is 1. The van der Waals surface area contributed by atoms with Crippen LogP contribution in [0, 0.1) is 0 Å². The molecule has 0 saturated heterocycles. The summed E-state index contributed by atoms with van der Waals surface area (Å²) in [6.07, 6.45) is 0. The molecule has 8 heteroatoms. The maximum absolute atomic E-state index is 12.8. The Hall–Kier alpha value is -1.60. The first-order chi connectivity index (χ1) is 12.1. The normalized spacial score (nSPS) is 11.6. The Morgan fingerprint density at radius 2 is 1.77 bits per heavy atom. The third kappa shape index (κ3) is 4.98. The van der Waals surface area contributed by atoms with E-state index in [-0.39, 0.29) is 28.1 Å². The van der Waals surface area contributed by atoms with Gasteiger partial charge in [0.2, 0.25) is 10.0 Å². The largest absolute Gasteiger partial charge is 0.337 e. The highest BCUT2D eigenvalue weighted by atomic mass is 35.5. The minimum absolute atomic E-state index is 0.00917. The number of carbonyl (C=O) groups excluding carboxylic acids is 1. The molecule has 2 rings (SSSR count). The van der Waals surface area contributed by atoms with E-state index in [4.69, 9.17) is 23.2 Å². The molecule has 2 aromatic carbocycles. The molecule has 0 spiro atoms. The van der Waals surface area contributed by atoms with E-state index >= 15 is 0 Å². The Bertz CT molecular complexity index is 914. The molecule has 0 aromatic heterocycles. The first-order valence-corrected chi connectivity index (χ1v) is 10.2. The van der Waals surface area contributed by atoms with E-state index in [1.54, 1.807) is 33.0 Å². The Labute approximate surface area is 164 Å². The van der Waals surface area contributed by atoms with Crippen LogP contribution in [0.25, 0.3) is 0 Å². The van der Waals surface area contributed by atoms with Crippen molar-refractivity contribution in [2.45, 2.75) is 31.3 Å². The van der Waals surface area contributed by atoms with Crippen LogP contribution in [0.1, 0.15) is 29.8 Å². The Kier molecular flexibility index (Phi) is 6.69. The lowest BCUT2D eigenvalue weighted by Crippen LogP contribution is -2.31. The lowest BCUT2D eigenvalue weighted by molar-refractivity contribution is 0.0785. The van der Waals surface area contributed by atoms with Gasteiger partial charge < -0.3 is 4.90 Å². The molecule has 0 saturated carbocycles. The van der Waals surface area contributed by atoms with Gasteiger partial charge in [-0.15, -0.1) is 0 Å². The maximum Gasteiger partial charge on any atom is 0.255 e. The Morgan fingerprint density at radius 3 is 2.38 bits per heavy atom. The molecule has 0 atom stereocenters. The molecule has 0 aliphatic rings. The van der Waals surface area contributed by atoms with Crippen LogP contribution in [-0.2, 0) is 16.6 Å². The zero-order valence-electron chi connectivity index (χ0n) is 14.7. The second kappa shape index (κ2) is 8.39. The molecule has 2 aromatic rings. The summed E-state index contributed by atoms with van der Waals surface area (Å²) in [6.45, 7) is 3.71. The molecule has 0 bridgehead atoms. The number of sulfonamides is 1. The van der Waals surface area contributed by atoms with E-state index in [1.807, 2.05) is 12.1 Å². The van der Waals surface area contributed by atoms with E-state index in [2.05, 4.69) is 4.72 Å². The molecule has 0 fully saturated rings. The van der Waals surface area contributed by atoms with Gasteiger partial charge in [-0.3, -0.25) is 4.79 Å². The van der Waals surface area contributed by atoms with Crippen molar-refractivity contribution in [3.8, 4) is 0 Å². The number of nitrogens with zero attached hydrogens (tertiary/aromatic N) is 1. The van der Waals surface area contributed by atoms with E-state index in [1.165, 1.54) is 23.1 Å². The minimum Gasteiger partial charge on any atom is -0.337 e. The summed E-state index contributed by atoms with van der Waals surface area (Å²) in [5.74, 6) is -0.392. The molecule has 26 heavy (non-hydrogen) atoms. The third-order valence-corrected chi connectivity index (χ3v) is 5.94. The summed E-state index contributed by atoms with van der Waals surface area (Å²) >= 11 is 12.3. The number of nitrogens with one attached hydrogen (secondary N) is 1. The quantitative estimate of drug-likeness (QED) is 0.777. The number of rotatable bonds is 6. The van der Waals surface area contributed by atoms with Crippen molar-refractivity contribution in [2.24, 2.45) is 0 Å². The van der Waals surface area contributed by atoms with Crippen LogP contribution < -0.4 is 4.72 Å². The highest BCUT2D eigenvalue weighted by Gasteiger charge is 2.21. The SMILES string of the molecule is CC(C)NS(=O)(=O)c1ccc(Cl)c(C(=O)N(C)Cc2ccccc2Cl)c1. The molecule has 0 aliphatic carbocycles.